The van der Waals surface area contributed by atoms with Gasteiger partial charge < -0.3 is 14.4 Å². The van der Waals surface area contributed by atoms with Crippen molar-refractivity contribution in [1.29, 1.82) is 0 Å². The van der Waals surface area contributed by atoms with Crippen LogP contribution in [0.25, 0.3) is 0 Å². The summed E-state index contributed by atoms with van der Waals surface area (Å²) in [4.78, 5) is 34.6. The maximum atomic E-state index is 12.5. The SMILES string of the molecule is CC/C=C\C/C=C\C/C=C\C/C=C\CCCCCCC(=O)OC(COC(=O)CCCCCCCCCCCCC/C=C\C/C=C\CCCCCCC)COP(=O)(O)OC. The average Bonchev–Trinajstić information content (AvgIpc) is 3.23. The predicted octanol–water partition coefficient (Wildman–Crippen LogP) is 15.3. The monoisotopic (exact) mass is 847 g/mol. The highest BCUT2D eigenvalue weighted by molar-refractivity contribution is 7.47. The molecule has 0 aromatic rings. The topological polar surface area (TPSA) is 108 Å². The summed E-state index contributed by atoms with van der Waals surface area (Å²) in [5.41, 5.74) is 0. The Balaban J connectivity index is 3.97. The molecule has 0 aromatic carbocycles. The summed E-state index contributed by atoms with van der Waals surface area (Å²) in [5, 5.41) is 0. The van der Waals surface area contributed by atoms with Crippen LogP contribution in [0.2, 0.25) is 0 Å². The third-order valence-corrected chi connectivity index (χ3v) is 10.9. The number of carbonyl (C=O) groups excluding carboxylic acids is 2. The number of unbranched alkanes of at least 4 members (excludes halogenated alkanes) is 20. The third kappa shape index (κ3) is 44.9. The highest BCUT2D eigenvalue weighted by Crippen LogP contribution is 2.42. The lowest BCUT2D eigenvalue weighted by molar-refractivity contribution is -0.161. The van der Waals surface area contributed by atoms with Crippen molar-refractivity contribution in [3.05, 3.63) is 72.9 Å². The predicted molar refractivity (Wildman–Crippen MR) is 248 cm³/mol. The van der Waals surface area contributed by atoms with Crippen LogP contribution in [0.1, 0.15) is 206 Å². The summed E-state index contributed by atoms with van der Waals surface area (Å²) in [7, 11) is -3.22. The van der Waals surface area contributed by atoms with Crippen LogP contribution in [0, 0.1) is 0 Å². The molecule has 0 saturated carbocycles. The third-order valence-electron chi connectivity index (χ3n) is 9.93. The molecule has 2 atom stereocenters. The zero-order valence-electron chi connectivity index (χ0n) is 37.9. The van der Waals surface area contributed by atoms with Crippen LogP contribution in [0.15, 0.2) is 72.9 Å². The minimum Gasteiger partial charge on any atom is -0.462 e. The Hall–Kier alpha value is -2.51. The van der Waals surface area contributed by atoms with E-state index in [1.807, 2.05) is 0 Å². The van der Waals surface area contributed by atoms with Crippen molar-refractivity contribution < 1.29 is 37.6 Å². The maximum Gasteiger partial charge on any atom is 0.472 e. The molecule has 1 N–H and O–H groups in total. The molecule has 0 rings (SSSR count). The molecule has 0 amide bonds. The van der Waals surface area contributed by atoms with E-state index < -0.39 is 26.5 Å². The summed E-state index contributed by atoms with van der Waals surface area (Å²) in [5.74, 6) is -0.835. The zero-order chi connectivity index (χ0) is 43.2. The van der Waals surface area contributed by atoms with Gasteiger partial charge in [-0.15, -0.1) is 0 Å². The molecule has 0 aliphatic rings. The first-order valence-corrected chi connectivity index (χ1v) is 25.1. The van der Waals surface area contributed by atoms with Gasteiger partial charge in [0.05, 0.1) is 6.61 Å². The van der Waals surface area contributed by atoms with Crippen molar-refractivity contribution in [2.45, 2.75) is 213 Å². The standard InChI is InChI=1S/C50H87O8P/c1-4-6-8-10-12-14-16-18-20-22-23-24-25-26-27-29-30-32-34-36-38-40-42-44-49(51)56-46-48(47-57-59(53,54)55-3)58-50(52)45-43-41-39-37-35-33-31-28-21-19-17-15-13-11-9-7-5-2/h7,9,13,15-16,18-19,21-23,31,33,48H,4-6,8,10-12,14,17,20,24-30,32,34-47H2,1-3H3,(H,53,54)/b9-7-,15-13-,18-16-,21-19-,23-22-,33-31-. The fourth-order valence-electron chi connectivity index (χ4n) is 6.33. The van der Waals surface area contributed by atoms with E-state index in [2.05, 4.69) is 91.3 Å². The van der Waals surface area contributed by atoms with E-state index >= 15 is 0 Å². The number of hydrogen-bond acceptors (Lipinski definition) is 7. The van der Waals surface area contributed by atoms with Crippen LogP contribution >= 0.6 is 7.82 Å². The van der Waals surface area contributed by atoms with E-state index in [0.717, 1.165) is 84.2 Å². The molecule has 340 valence electrons. The van der Waals surface area contributed by atoms with E-state index in [-0.39, 0.29) is 25.4 Å². The Labute approximate surface area is 362 Å². The maximum absolute atomic E-state index is 12.5. The quantitative estimate of drug-likeness (QED) is 0.0280. The second kappa shape index (κ2) is 45.0. The van der Waals surface area contributed by atoms with Gasteiger partial charge >= 0.3 is 19.8 Å². The number of hydrogen-bond donors (Lipinski definition) is 1. The first-order valence-electron chi connectivity index (χ1n) is 23.6. The lowest BCUT2D eigenvalue weighted by Gasteiger charge is -2.19. The molecular weight excluding hydrogens is 760 g/mol. The summed E-state index contributed by atoms with van der Waals surface area (Å²) in [6.45, 7) is 3.75. The van der Waals surface area contributed by atoms with Crippen LogP contribution in [0.5, 0.6) is 0 Å². The minimum absolute atomic E-state index is 0.213. The molecule has 8 nitrogen and oxygen atoms in total. The summed E-state index contributed by atoms with van der Waals surface area (Å²) in [6, 6.07) is 0. The molecule has 59 heavy (non-hydrogen) atoms. The summed E-state index contributed by atoms with van der Waals surface area (Å²) >= 11 is 0. The number of esters is 2. The molecule has 0 aliphatic carbocycles. The largest absolute Gasteiger partial charge is 0.472 e. The number of phosphoric acid groups is 1. The minimum atomic E-state index is -4.28. The number of rotatable bonds is 43. The summed E-state index contributed by atoms with van der Waals surface area (Å²) < 4.78 is 32.0. The van der Waals surface area contributed by atoms with Crippen LogP contribution in [0.4, 0.5) is 0 Å². The van der Waals surface area contributed by atoms with Crippen LogP contribution in [0.3, 0.4) is 0 Å². The van der Waals surface area contributed by atoms with Crippen molar-refractivity contribution in [3.8, 4) is 0 Å². The molecular formula is C50H87O8P. The second-order valence-corrected chi connectivity index (χ2v) is 17.1. The van der Waals surface area contributed by atoms with Crippen molar-refractivity contribution in [2.24, 2.45) is 0 Å². The van der Waals surface area contributed by atoms with Gasteiger partial charge in [0.1, 0.15) is 6.61 Å². The highest BCUT2D eigenvalue weighted by Gasteiger charge is 2.24. The molecule has 0 spiro atoms. The Morgan fingerprint density at radius 3 is 1.29 bits per heavy atom. The number of allylic oxidation sites excluding steroid dienone is 12. The van der Waals surface area contributed by atoms with Gasteiger partial charge in [-0.2, -0.15) is 0 Å². The first-order chi connectivity index (χ1) is 28.8. The van der Waals surface area contributed by atoms with E-state index in [1.54, 1.807) is 0 Å². The van der Waals surface area contributed by atoms with Crippen LogP contribution < -0.4 is 0 Å². The van der Waals surface area contributed by atoms with Gasteiger partial charge in [-0.3, -0.25) is 18.6 Å². The Bertz CT molecular complexity index is 1190. The van der Waals surface area contributed by atoms with Crippen molar-refractivity contribution >= 4 is 19.8 Å². The fraction of sp³-hybridized carbons (Fsp3) is 0.720. The molecule has 0 radical (unpaired) electrons. The zero-order valence-corrected chi connectivity index (χ0v) is 38.8. The van der Waals surface area contributed by atoms with Gasteiger partial charge in [-0.25, -0.2) is 4.57 Å². The lowest BCUT2D eigenvalue weighted by atomic mass is 10.0. The van der Waals surface area contributed by atoms with Gasteiger partial charge in [0.25, 0.3) is 0 Å². The number of ether oxygens (including phenoxy) is 2. The number of carbonyl (C=O) groups is 2. The van der Waals surface area contributed by atoms with E-state index in [9.17, 15) is 19.0 Å². The van der Waals surface area contributed by atoms with E-state index in [4.69, 9.17) is 14.0 Å². The van der Waals surface area contributed by atoms with Gasteiger partial charge in [0.2, 0.25) is 0 Å². The van der Waals surface area contributed by atoms with Crippen molar-refractivity contribution in [1.82, 2.24) is 0 Å². The summed E-state index contributed by atoms with van der Waals surface area (Å²) in [6.07, 6.45) is 58.2. The van der Waals surface area contributed by atoms with E-state index in [0.29, 0.717) is 6.42 Å². The van der Waals surface area contributed by atoms with Crippen molar-refractivity contribution in [2.75, 3.05) is 20.3 Å². The first kappa shape index (κ1) is 56.5. The Morgan fingerprint density at radius 1 is 0.492 bits per heavy atom. The van der Waals surface area contributed by atoms with E-state index in [1.165, 1.54) is 96.3 Å². The smallest absolute Gasteiger partial charge is 0.462 e. The highest BCUT2D eigenvalue weighted by atomic mass is 31.2. The average molecular weight is 847 g/mol. The Kier molecular flexibility index (Phi) is 43.1. The molecule has 9 heteroatoms. The van der Waals surface area contributed by atoms with Crippen molar-refractivity contribution in [3.63, 3.8) is 0 Å². The van der Waals surface area contributed by atoms with Gasteiger partial charge in [0.15, 0.2) is 6.10 Å². The normalized spacial score (nSPS) is 13.9. The molecule has 0 fully saturated rings. The number of phosphoric ester groups is 1. The molecule has 0 heterocycles. The molecule has 0 aliphatic heterocycles. The van der Waals surface area contributed by atoms with Gasteiger partial charge in [-0.05, 0) is 83.5 Å². The fourth-order valence-corrected chi connectivity index (χ4v) is 6.79. The van der Waals surface area contributed by atoms with Crippen LogP contribution in [-0.4, -0.2) is 43.3 Å². The Morgan fingerprint density at radius 2 is 0.864 bits per heavy atom. The van der Waals surface area contributed by atoms with Gasteiger partial charge in [0, 0.05) is 20.0 Å². The lowest BCUT2D eigenvalue weighted by Crippen LogP contribution is -2.29. The molecule has 2 unspecified atom stereocenters. The second-order valence-electron chi connectivity index (χ2n) is 15.5. The molecule has 0 bridgehead atoms. The molecule has 0 aromatic heterocycles. The van der Waals surface area contributed by atoms with Gasteiger partial charge in [-0.1, -0.05) is 183 Å². The molecule has 0 saturated heterocycles. The van der Waals surface area contributed by atoms with Crippen LogP contribution in [-0.2, 0) is 32.7 Å².